The van der Waals surface area contributed by atoms with Crippen molar-refractivity contribution in [1.29, 1.82) is 0 Å². The summed E-state index contributed by atoms with van der Waals surface area (Å²) in [5.74, 6) is 0. The number of nitrogens with two attached hydrogens (primary N) is 1. The second kappa shape index (κ2) is 4.86. The average molecular weight is 247 g/mol. The Morgan fingerprint density at radius 2 is 1.71 bits per heavy atom. The second-order valence-electron chi connectivity index (χ2n) is 4.15. The number of hydrogen-bond acceptors (Lipinski definition) is 2. The Labute approximate surface area is 106 Å². The van der Waals surface area contributed by atoms with Crippen molar-refractivity contribution >= 4 is 11.6 Å². The van der Waals surface area contributed by atoms with Crippen LogP contribution in [-0.2, 0) is 6.54 Å². The Balaban J connectivity index is 2.52. The van der Waals surface area contributed by atoms with Crippen LogP contribution in [0.25, 0.3) is 11.1 Å². The van der Waals surface area contributed by atoms with Crippen LogP contribution in [0.5, 0.6) is 0 Å². The predicted octanol–water partition coefficient (Wildman–Crippen LogP) is 3.48. The Bertz CT molecular complexity index is 530. The Hall–Kier alpha value is -1.38. The molecule has 0 spiro atoms. The summed E-state index contributed by atoms with van der Waals surface area (Å²) in [4.78, 5) is 4.37. The van der Waals surface area contributed by atoms with Crippen molar-refractivity contribution < 1.29 is 0 Å². The molecule has 1 heterocycles. The number of benzene rings is 1. The molecule has 0 saturated heterocycles. The summed E-state index contributed by atoms with van der Waals surface area (Å²) in [7, 11) is 0. The highest BCUT2D eigenvalue weighted by Gasteiger charge is 2.04. The number of aromatic nitrogens is 1. The molecule has 0 saturated carbocycles. The zero-order valence-electron chi connectivity index (χ0n) is 10.00. The van der Waals surface area contributed by atoms with Crippen LogP contribution in [0, 0.1) is 13.8 Å². The number of halogens is 1. The first-order chi connectivity index (χ1) is 8.10. The van der Waals surface area contributed by atoms with Gasteiger partial charge in [0.1, 0.15) is 0 Å². The first-order valence-corrected chi connectivity index (χ1v) is 5.92. The van der Waals surface area contributed by atoms with Gasteiger partial charge in [-0.1, -0.05) is 17.7 Å². The van der Waals surface area contributed by atoms with E-state index in [-0.39, 0.29) is 0 Å². The summed E-state index contributed by atoms with van der Waals surface area (Å²) in [6.07, 6.45) is 0. The fourth-order valence-corrected chi connectivity index (χ4v) is 2.11. The van der Waals surface area contributed by atoms with E-state index in [9.17, 15) is 0 Å². The van der Waals surface area contributed by atoms with Crippen molar-refractivity contribution in [3.8, 4) is 11.1 Å². The summed E-state index contributed by atoms with van der Waals surface area (Å²) >= 11 is 6.05. The zero-order valence-corrected chi connectivity index (χ0v) is 10.8. The lowest BCUT2D eigenvalue weighted by atomic mass is 10.0. The molecule has 0 aliphatic heterocycles. The van der Waals surface area contributed by atoms with Crippen molar-refractivity contribution in [3.63, 3.8) is 0 Å². The second-order valence-corrected chi connectivity index (χ2v) is 4.56. The van der Waals surface area contributed by atoms with E-state index in [1.165, 1.54) is 0 Å². The Morgan fingerprint density at radius 3 is 2.29 bits per heavy atom. The van der Waals surface area contributed by atoms with E-state index < -0.39 is 0 Å². The third-order valence-electron chi connectivity index (χ3n) is 2.68. The summed E-state index contributed by atoms with van der Waals surface area (Å²) in [6, 6.07) is 10.1. The van der Waals surface area contributed by atoms with Gasteiger partial charge in [0.2, 0.25) is 0 Å². The molecule has 1 aromatic carbocycles. The number of hydrogen-bond donors (Lipinski definition) is 1. The summed E-state index contributed by atoms with van der Waals surface area (Å²) in [5.41, 5.74) is 10.9. The van der Waals surface area contributed by atoms with Crippen LogP contribution in [-0.4, -0.2) is 4.98 Å². The van der Waals surface area contributed by atoms with E-state index in [0.717, 1.165) is 33.1 Å². The standard InChI is InChI=1S/C14H15ClN2/c1-9-5-12(6-10(2)17-9)11-3-4-14(15)13(7-11)8-16/h3-7H,8,16H2,1-2H3. The van der Waals surface area contributed by atoms with Crippen LogP contribution in [0.3, 0.4) is 0 Å². The van der Waals surface area contributed by atoms with Crippen LogP contribution >= 0.6 is 11.6 Å². The molecule has 0 unspecified atom stereocenters. The van der Waals surface area contributed by atoms with Gasteiger partial charge in [-0.25, -0.2) is 0 Å². The third kappa shape index (κ3) is 2.65. The van der Waals surface area contributed by atoms with Gasteiger partial charge in [0.05, 0.1) is 0 Å². The Kier molecular flexibility index (Phi) is 3.46. The largest absolute Gasteiger partial charge is 0.326 e. The van der Waals surface area contributed by atoms with Gasteiger partial charge < -0.3 is 5.73 Å². The molecule has 0 atom stereocenters. The van der Waals surface area contributed by atoms with Crippen molar-refractivity contribution in [1.82, 2.24) is 4.98 Å². The number of aryl methyl sites for hydroxylation is 2. The quantitative estimate of drug-likeness (QED) is 0.881. The fourth-order valence-electron chi connectivity index (χ4n) is 1.91. The zero-order chi connectivity index (χ0) is 12.4. The van der Waals surface area contributed by atoms with Gasteiger partial charge in [-0.3, -0.25) is 4.98 Å². The highest BCUT2D eigenvalue weighted by molar-refractivity contribution is 6.31. The van der Waals surface area contributed by atoms with Crippen LogP contribution in [0.1, 0.15) is 17.0 Å². The minimum Gasteiger partial charge on any atom is -0.326 e. The van der Waals surface area contributed by atoms with Crippen molar-refractivity contribution in [3.05, 3.63) is 52.3 Å². The molecule has 2 rings (SSSR count). The van der Waals surface area contributed by atoms with Crippen LogP contribution in [0.15, 0.2) is 30.3 Å². The van der Waals surface area contributed by atoms with Crippen LogP contribution in [0.4, 0.5) is 0 Å². The van der Waals surface area contributed by atoms with E-state index in [2.05, 4.69) is 17.1 Å². The maximum absolute atomic E-state index is 6.05. The highest BCUT2D eigenvalue weighted by Crippen LogP contribution is 2.25. The Morgan fingerprint density at radius 1 is 1.06 bits per heavy atom. The predicted molar refractivity (Wildman–Crippen MR) is 72.0 cm³/mol. The van der Waals surface area contributed by atoms with Gasteiger partial charge in [0.25, 0.3) is 0 Å². The molecule has 2 aromatic rings. The molecule has 3 heteroatoms. The molecule has 0 aliphatic carbocycles. The summed E-state index contributed by atoms with van der Waals surface area (Å²) in [6.45, 7) is 4.45. The minimum atomic E-state index is 0.454. The molecule has 0 amide bonds. The van der Waals surface area contributed by atoms with Gasteiger partial charge in [0.15, 0.2) is 0 Å². The minimum absolute atomic E-state index is 0.454. The first-order valence-electron chi connectivity index (χ1n) is 5.54. The van der Waals surface area contributed by atoms with Crippen molar-refractivity contribution in [2.75, 3.05) is 0 Å². The topological polar surface area (TPSA) is 38.9 Å². The molecule has 0 bridgehead atoms. The van der Waals surface area contributed by atoms with Crippen LogP contribution < -0.4 is 5.73 Å². The molecular weight excluding hydrogens is 232 g/mol. The van der Waals surface area contributed by atoms with Crippen LogP contribution in [0.2, 0.25) is 5.02 Å². The van der Waals surface area contributed by atoms with E-state index in [1.807, 2.05) is 32.0 Å². The van der Waals surface area contributed by atoms with Gasteiger partial charge in [-0.15, -0.1) is 0 Å². The van der Waals surface area contributed by atoms with Gasteiger partial charge in [-0.05, 0) is 54.8 Å². The first kappa shape index (κ1) is 12.1. The fraction of sp³-hybridized carbons (Fsp3) is 0.214. The monoisotopic (exact) mass is 246 g/mol. The summed E-state index contributed by atoms with van der Waals surface area (Å²) < 4.78 is 0. The third-order valence-corrected chi connectivity index (χ3v) is 3.05. The molecule has 88 valence electrons. The lowest BCUT2D eigenvalue weighted by molar-refractivity contribution is 1.07. The smallest absolute Gasteiger partial charge is 0.0451 e. The van der Waals surface area contributed by atoms with E-state index in [1.54, 1.807) is 0 Å². The van der Waals surface area contributed by atoms with E-state index in [4.69, 9.17) is 17.3 Å². The maximum atomic E-state index is 6.05. The molecule has 0 radical (unpaired) electrons. The molecule has 1 aromatic heterocycles. The number of rotatable bonds is 2. The number of pyridine rings is 1. The maximum Gasteiger partial charge on any atom is 0.0451 e. The molecule has 17 heavy (non-hydrogen) atoms. The molecule has 2 nitrogen and oxygen atoms in total. The normalized spacial score (nSPS) is 10.6. The van der Waals surface area contributed by atoms with Gasteiger partial charge >= 0.3 is 0 Å². The SMILES string of the molecule is Cc1cc(-c2ccc(Cl)c(CN)c2)cc(C)n1. The van der Waals surface area contributed by atoms with E-state index >= 15 is 0 Å². The van der Waals surface area contributed by atoms with Gasteiger partial charge in [0, 0.05) is 23.0 Å². The highest BCUT2D eigenvalue weighted by atomic mass is 35.5. The lowest BCUT2D eigenvalue weighted by Gasteiger charge is -2.08. The lowest BCUT2D eigenvalue weighted by Crippen LogP contribution is -1.97. The molecular formula is C14H15ClN2. The van der Waals surface area contributed by atoms with Crippen molar-refractivity contribution in [2.45, 2.75) is 20.4 Å². The molecule has 0 aliphatic rings. The summed E-state index contributed by atoms with van der Waals surface area (Å²) in [5, 5.41) is 0.721. The average Bonchev–Trinajstić information content (AvgIpc) is 2.28. The number of nitrogens with zero attached hydrogens (tertiary/aromatic N) is 1. The molecule has 0 fully saturated rings. The van der Waals surface area contributed by atoms with E-state index in [0.29, 0.717) is 6.54 Å². The van der Waals surface area contributed by atoms with Gasteiger partial charge in [-0.2, -0.15) is 0 Å². The van der Waals surface area contributed by atoms with Crippen molar-refractivity contribution in [2.24, 2.45) is 5.73 Å². The molecule has 2 N–H and O–H groups in total.